The van der Waals surface area contributed by atoms with Crippen molar-refractivity contribution < 1.29 is 18.8 Å². The predicted molar refractivity (Wildman–Crippen MR) is 85.4 cm³/mol. The normalized spacial score (nSPS) is 11.0. The van der Waals surface area contributed by atoms with Gasteiger partial charge in [0.25, 0.3) is 0 Å². The molecule has 0 aliphatic rings. The van der Waals surface area contributed by atoms with Crippen LogP contribution >= 0.6 is 23.2 Å². The molecule has 0 saturated carbocycles. The second kappa shape index (κ2) is 5.72. The predicted octanol–water partition coefficient (Wildman–Crippen LogP) is 5.02. The van der Waals surface area contributed by atoms with Crippen LogP contribution in [0.15, 0.2) is 28.8 Å². The van der Waals surface area contributed by atoms with Gasteiger partial charge in [0, 0.05) is 10.4 Å². The summed E-state index contributed by atoms with van der Waals surface area (Å²) < 4.78 is 19.6. The summed E-state index contributed by atoms with van der Waals surface area (Å²) in [4.78, 5) is 11.5. The molecule has 118 valence electrons. The Bertz CT molecular complexity index is 940. The fourth-order valence-corrected chi connectivity index (χ4v) is 2.63. The van der Waals surface area contributed by atoms with Crippen LogP contribution in [0.3, 0.4) is 0 Å². The molecule has 2 N–H and O–H groups in total. The zero-order valence-electron chi connectivity index (χ0n) is 11.7. The Labute approximate surface area is 139 Å². The lowest BCUT2D eigenvalue weighted by Gasteiger charge is -2.12. The number of hydrogen-bond donors (Lipinski definition) is 2. The van der Waals surface area contributed by atoms with Crippen LogP contribution in [-0.2, 0) is 0 Å². The maximum atomic E-state index is 14.7. The van der Waals surface area contributed by atoms with Gasteiger partial charge >= 0.3 is 5.97 Å². The summed E-state index contributed by atoms with van der Waals surface area (Å²) in [6, 6.07) is 5.83. The minimum absolute atomic E-state index is 0.125. The Balaban J connectivity index is 2.21. The summed E-state index contributed by atoms with van der Waals surface area (Å²) in [6.45, 7) is 1.60. The smallest absolute Gasteiger partial charge is 0.337 e. The van der Waals surface area contributed by atoms with E-state index in [-0.39, 0.29) is 21.9 Å². The number of hydrogen-bond acceptors (Lipinski definition) is 4. The van der Waals surface area contributed by atoms with Crippen LogP contribution in [0.2, 0.25) is 10.0 Å². The first-order valence-electron chi connectivity index (χ1n) is 6.42. The molecule has 0 saturated heterocycles. The number of aryl methyl sites for hydroxylation is 1. The van der Waals surface area contributed by atoms with Crippen molar-refractivity contribution >= 4 is 51.5 Å². The third-order valence-corrected chi connectivity index (χ3v) is 3.85. The van der Waals surface area contributed by atoms with Crippen molar-refractivity contribution in [3.8, 4) is 0 Å². The maximum Gasteiger partial charge on any atom is 0.337 e. The zero-order chi connectivity index (χ0) is 16.7. The number of carboxylic acids is 1. The number of rotatable bonds is 3. The summed E-state index contributed by atoms with van der Waals surface area (Å²) in [5, 5.41) is 16.6. The highest BCUT2D eigenvalue weighted by atomic mass is 35.5. The van der Waals surface area contributed by atoms with Gasteiger partial charge in [0.05, 0.1) is 27.7 Å². The SMILES string of the molecule is Cc1noc2c(F)c(Nc3ccc(Cl)cc3Cl)c(C(=O)O)cc12. The van der Waals surface area contributed by atoms with Gasteiger partial charge in [0.15, 0.2) is 5.82 Å². The molecule has 2 aromatic carbocycles. The van der Waals surface area contributed by atoms with Crippen molar-refractivity contribution in [2.75, 3.05) is 5.32 Å². The Hall–Kier alpha value is -2.31. The third kappa shape index (κ3) is 2.71. The number of halogens is 3. The molecule has 0 radical (unpaired) electrons. The van der Waals surface area contributed by atoms with E-state index in [1.807, 2.05) is 0 Å². The van der Waals surface area contributed by atoms with Gasteiger partial charge in [-0.2, -0.15) is 0 Å². The molecule has 5 nitrogen and oxygen atoms in total. The Morgan fingerprint density at radius 3 is 2.74 bits per heavy atom. The quantitative estimate of drug-likeness (QED) is 0.690. The van der Waals surface area contributed by atoms with Crippen molar-refractivity contribution in [3.63, 3.8) is 0 Å². The van der Waals surface area contributed by atoms with E-state index < -0.39 is 11.8 Å². The van der Waals surface area contributed by atoms with E-state index in [1.54, 1.807) is 13.0 Å². The first kappa shape index (κ1) is 15.6. The van der Waals surface area contributed by atoms with Crippen LogP contribution in [-0.4, -0.2) is 16.2 Å². The van der Waals surface area contributed by atoms with Gasteiger partial charge in [-0.05, 0) is 31.2 Å². The molecular weight excluding hydrogens is 346 g/mol. The van der Waals surface area contributed by atoms with E-state index in [0.29, 0.717) is 21.8 Å². The monoisotopic (exact) mass is 354 g/mol. The summed E-state index contributed by atoms with van der Waals surface area (Å²) in [5.41, 5.74) is 0.0725. The Morgan fingerprint density at radius 1 is 1.35 bits per heavy atom. The molecule has 0 bridgehead atoms. The van der Waals surface area contributed by atoms with Crippen molar-refractivity contribution in [1.82, 2.24) is 5.16 Å². The van der Waals surface area contributed by atoms with Gasteiger partial charge < -0.3 is 14.9 Å². The first-order chi connectivity index (χ1) is 10.9. The van der Waals surface area contributed by atoms with E-state index in [1.165, 1.54) is 18.2 Å². The molecule has 8 heteroatoms. The summed E-state index contributed by atoms with van der Waals surface area (Å²) in [7, 11) is 0. The number of aromatic carboxylic acids is 1. The zero-order valence-corrected chi connectivity index (χ0v) is 13.2. The molecule has 0 unspecified atom stereocenters. The molecule has 3 rings (SSSR count). The van der Waals surface area contributed by atoms with Crippen molar-refractivity contribution in [3.05, 3.63) is 51.4 Å². The highest BCUT2D eigenvalue weighted by Crippen LogP contribution is 2.35. The molecule has 3 aromatic rings. The van der Waals surface area contributed by atoms with Gasteiger partial charge in [-0.1, -0.05) is 28.4 Å². The average molecular weight is 355 g/mol. The van der Waals surface area contributed by atoms with Crippen LogP contribution in [0.4, 0.5) is 15.8 Å². The Morgan fingerprint density at radius 2 is 2.09 bits per heavy atom. The highest BCUT2D eigenvalue weighted by Gasteiger charge is 2.23. The molecule has 1 heterocycles. The van der Waals surface area contributed by atoms with Crippen LogP contribution in [0.1, 0.15) is 16.1 Å². The number of nitrogens with one attached hydrogen (secondary N) is 1. The summed E-state index contributed by atoms with van der Waals surface area (Å²) >= 11 is 11.8. The lowest BCUT2D eigenvalue weighted by Crippen LogP contribution is -2.06. The number of fused-ring (bicyclic) bond motifs is 1. The van der Waals surface area contributed by atoms with Gasteiger partial charge in [-0.15, -0.1) is 0 Å². The maximum absolute atomic E-state index is 14.7. The van der Waals surface area contributed by atoms with E-state index in [4.69, 9.17) is 27.7 Å². The first-order valence-corrected chi connectivity index (χ1v) is 7.18. The number of anilines is 2. The third-order valence-electron chi connectivity index (χ3n) is 3.31. The van der Waals surface area contributed by atoms with Gasteiger partial charge in [0.1, 0.15) is 0 Å². The van der Waals surface area contributed by atoms with Crippen molar-refractivity contribution in [2.45, 2.75) is 6.92 Å². The molecule has 0 spiro atoms. The molecule has 1 aromatic heterocycles. The molecular formula is C15H9Cl2FN2O3. The van der Waals surface area contributed by atoms with Crippen LogP contribution < -0.4 is 5.32 Å². The number of carbonyl (C=O) groups is 1. The Kier molecular flexibility index (Phi) is 3.87. The number of carboxylic acid groups (broad SMARTS) is 1. The van der Waals surface area contributed by atoms with Gasteiger partial charge in [0.2, 0.25) is 5.58 Å². The van der Waals surface area contributed by atoms with Crippen molar-refractivity contribution in [1.29, 1.82) is 0 Å². The topological polar surface area (TPSA) is 75.4 Å². The molecule has 23 heavy (non-hydrogen) atoms. The minimum Gasteiger partial charge on any atom is -0.478 e. The van der Waals surface area contributed by atoms with E-state index >= 15 is 0 Å². The van der Waals surface area contributed by atoms with Gasteiger partial charge in [-0.3, -0.25) is 0 Å². The average Bonchev–Trinajstić information content (AvgIpc) is 2.85. The second-order valence-corrected chi connectivity index (χ2v) is 5.66. The van der Waals surface area contributed by atoms with E-state index in [9.17, 15) is 14.3 Å². The number of nitrogens with zero attached hydrogens (tertiary/aromatic N) is 1. The summed E-state index contributed by atoms with van der Waals surface area (Å²) in [6.07, 6.45) is 0. The summed E-state index contributed by atoms with van der Waals surface area (Å²) in [5.74, 6) is -2.15. The molecule has 0 aliphatic carbocycles. The largest absolute Gasteiger partial charge is 0.478 e. The standard InChI is InChI=1S/C15H9Cl2FN2O3/c1-6-8-5-9(15(21)22)13(12(18)14(8)23-20-6)19-11-3-2-7(16)4-10(11)17/h2-5,19H,1H3,(H,21,22). The molecule has 0 fully saturated rings. The number of benzene rings is 2. The minimum atomic E-state index is -1.29. The van der Waals surface area contributed by atoms with Crippen LogP contribution in [0.5, 0.6) is 0 Å². The number of aromatic nitrogens is 1. The molecule has 0 amide bonds. The molecule has 0 aliphatic heterocycles. The van der Waals surface area contributed by atoms with Crippen LogP contribution in [0.25, 0.3) is 11.0 Å². The lowest BCUT2D eigenvalue weighted by molar-refractivity contribution is 0.0697. The van der Waals surface area contributed by atoms with Gasteiger partial charge in [-0.25, -0.2) is 9.18 Å². The van der Waals surface area contributed by atoms with Crippen molar-refractivity contribution in [2.24, 2.45) is 0 Å². The highest BCUT2D eigenvalue weighted by molar-refractivity contribution is 6.36. The van der Waals surface area contributed by atoms with E-state index in [2.05, 4.69) is 10.5 Å². The second-order valence-electron chi connectivity index (χ2n) is 4.81. The lowest BCUT2D eigenvalue weighted by atomic mass is 10.1. The fourth-order valence-electron chi connectivity index (χ4n) is 2.17. The van der Waals surface area contributed by atoms with Crippen LogP contribution in [0, 0.1) is 12.7 Å². The fraction of sp³-hybridized carbons (Fsp3) is 0.0667. The molecule has 0 atom stereocenters. The van der Waals surface area contributed by atoms with E-state index in [0.717, 1.165) is 0 Å².